The number of methoxy groups -OCH3 is 1. The van der Waals surface area contributed by atoms with Gasteiger partial charge in [-0.15, -0.1) is 0 Å². The maximum Gasteiger partial charge on any atom is 0.433 e. The number of aliphatic hydroxyl groups is 1. The molecule has 3 atom stereocenters. The van der Waals surface area contributed by atoms with Gasteiger partial charge in [-0.05, 0) is 40.2 Å². The Morgan fingerprint density at radius 2 is 2.07 bits per heavy atom. The van der Waals surface area contributed by atoms with E-state index in [4.69, 9.17) is 14.2 Å². The number of amides is 1. The van der Waals surface area contributed by atoms with Crippen LogP contribution in [0.4, 0.5) is 18.0 Å². The molecule has 164 valence electrons. The van der Waals surface area contributed by atoms with Crippen LogP contribution in [0.2, 0.25) is 0 Å². The van der Waals surface area contributed by atoms with E-state index in [-0.39, 0.29) is 25.3 Å². The predicted octanol–water partition coefficient (Wildman–Crippen LogP) is 3.14. The van der Waals surface area contributed by atoms with E-state index in [1.54, 1.807) is 27.7 Å². The number of nitrogens with one attached hydrogen (secondary N) is 1. The van der Waals surface area contributed by atoms with Gasteiger partial charge in [0.2, 0.25) is 0 Å². The number of ether oxygens (including phenoxy) is 3. The Bertz CT molecular complexity index is 736. The fraction of sp³-hybridized carbons (Fsp3) is 0.684. The summed E-state index contributed by atoms with van der Waals surface area (Å²) in [5, 5.41) is 12.1. The number of alkyl halides is 3. The smallest absolute Gasteiger partial charge is 0.433 e. The first kappa shape index (κ1) is 23.4. The summed E-state index contributed by atoms with van der Waals surface area (Å²) >= 11 is 0. The van der Waals surface area contributed by atoms with E-state index in [1.165, 1.54) is 13.2 Å². The largest absolute Gasteiger partial charge is 0.444 e. The first-order chi connectivity index (χ1) is 13.3. The summed E-state index contributed by atoms with van der Waals surface area (Å²) in [6.07, 6.45) is -6.59. The molecule has 0 saturated heterocycles. The molecule has 2 rings (SSSR count). The third kappa shape index (κ3) is 5.37. The third-order valence-corrected chi connectivity index (χ3v) is 4.61. The zero-order chi connectivity index (χ0) is 22.0. The average molecular weight is 420 g/mol. The second kappa shape index (κ2) is 8.45. The number of rotatable bonds is 5. The van der Waals surface area contributed by atoms with E-state index >= 15 is 0 Å². The van der Waals surface area contributed by atoms with Crippen LogP contribution in [0.3, 0.4) is 0 Å². The Kier molecular flexibility index (Phi) is 6.81. The SMILES string of the molecule is CO[C@@H](CCO)[C@@H]1OCc2nc(C(F)(F)F)ccc2[C@@]1(C)NC(=O)OC(C)(C)C. The molecule has 29 heavy (non-hydrogen) atoms. The van der Waals surface area contributed by atoms with Gasteiger partial charge in [-0.25, -0.2) is 9.78 Å². The van der Waals surface area contributed by atoms with Gasteiger partial charge in [0, 0.05) is 19.3 Å². The molecular weight excluding hydrogens is 393 g/mol. The maximum atomic E-state index is 13.1. The van der Waals surface area contributed by atoms with Crippen molar-refractivity contribution < 1.29 is 37.3 Å². The van der Waals surface area contributed by atoms with Gasteiger partial charge < -0.3 is 24.6 Å². The molecule has 1 aromatic rings. The van der Waals surface area contributed by atoms with E-state index in [1.807, 2.05) is 0 Å². The Morgan fingerprint density at radius 3 is 2.59 bits per heavy atom. The number of hydrogen-bond acceptors (Lipinski definition) is 6. The minimum atomic E-state index is -4.60. The highest BCUT2D eigenvalue weighted by Gasteiger charge is 2.48. The lowest BCUT2D eigenvalue weighted by atomic mass is 9.80. The summed E-state index contributed by atoms with van der Waals surface area (Å²) in [5.41, 5.74) is -2.70. The monoisotopic (exact) mass is 420 g/mol. The number of pyridine rings is 1. The molecule has 0 bridgehead atoms. The van der Waals surface area contributed by atoms with Crippen molar-refractivity contribution >= 4 is 6.09 Å². The molecular formula is C19H27F3N2O5. The minimum Gasteiger partial charge on any atom is -0.444 e. The van der Waals surface area contributed by atoms with E-state index in [9.17, 15) is 23.1 Å². The van der Waals surface area contributed by atoms with Crippen LogP contribution in [0, 0.1) is 0 Å². The molecule has 2 N–H and O–H groups in total. The highest BCUT2D eigenvalue weighted by atomic mass is 19.4. The van der Waals surface area contributed by atoms with Crippen molar-refractivity contribution in [1.29, 1.82) is 0 Å². The summed E-state index contributed by atoms with van der Waals surface area (Å²) < 4.78 is 55.7. The van der Waals surface area contributed by atoms with Crippen LogP contribution in [-0.2, 0) is 32.5 Å². The molecule has 0 aromatic carbocycles. The summed E-state index contributed by atoms with van der Waals surface area (Å²) in [5.74, 6) is 0. The predicted molar refractivity (Wildman–Crippen MR) is 97.0 cm³/mol. The van der Waals surface area contributed by atoms with E-state index in [0.717, 1.165) is 6.07 Å². The van der Waals surface area contributed by atoms with Gasteiger partial charge in [-0.2, -0.15) is 13.2 Å². The second-order valence-corrected chi connectivity index (χ2v) is 8.04. The number of halogens is 3. The fourth-order valence-corrected chi connectivity index (χ4v) is 3.38. The highest BCUT2D eigenvalue weighted by molar-refractivity contribution is 5.69. The lowest BCUT2D eigenvalue weighted by Gasteiger charge is -2.45. The van der Waals surface area contributed by atoms with Crippen molar-refractivity contribution in [3.05, 3.63) is 29.1 Å². The van der Waals surface area contributed by atoms with Crippen molar-refractivity contribution in [3.8, 4) is 0 Å². The lowest BCUT2D eigenvalue weighted by Crippen LogP contribution is -2.60. The number of fused-ring (bicyclic) bond motifs is 1. The molecule has 0 saturated carbocycles. The van der Waals surface area contributed by atoms with Gasteiger partial charge in [-0.1, -0.05) is 6.07 Å². The van der Waals surface area contributed by atoms with Gasteiger partial charge in [0.15, 0.2) is 0 Å². The van der Waals surface area contributed by atoms with Crippen molar-refractivity contribution in [1.82, 2.24) is 10.3 Å². The normalized spacial score (nSPS) is 23.3. The van der Waals surface area contributed by atoms with Crippen LogP contribution in [0.15, 0.2) is 12.1 Å². The van der Waals surface area contributed by atoms with Gasteiger partial charge in [-0.3, -0.25) is 0 Å². The Labute approximate surface area is 167 Å². The topological polar surface area (TPSA) is 89.9 Å². The van der Waals surface area contributed by atoms with Crippen LogP contribution >= 0.6 is 0 Å². The molecule has 2 heterocycles. The standard InChI is InChI=1S/C19H27F3N2O5/c1-17(2,3)29-16(26)24-18(4)11-6-7-14(19(20,21)22)23-12(11)10-28-15(18)13(27-5)8-9-25/h6-7,13,15,25H,8-10H2,1-5H3,(H,24,26)/t13-,15-,18+/m0/s1. The zero-order valence-electron chi connectivity index (χ0n) is 17.1. The minimum absolute atomic E-state index is 0.0634. The van der Waals surface area contributed by atoms with Gasteiger partial charge in [0.1, 0.15) is 17.4 Å². The van der Waals surface area contributed by atoms with Crippen LogP contribution in [0.1, 0.15) is 51.1 Å². The number of nitrogens with zero attached hydrogens (tertiary/aromatic N) is 1. The zero-order valence-corrected chi connectivity index (χ0v) is 17.1. The second-order valence-electron chi connectivity index (χ2n) is 8.04. The number of aliphatic hydroxyl groups excluding tert-OH is 1. The number of aromatic nitrogens is 1. The molecule has 0 spiro atoms. The molecule has 0 fully saturated rings. The summed E-state index contributed by atoms with van der Waals surface area (Å²) in [7, 11) is 1.43. The lowest BCUT2D eigenvalue weighted by molar-refractivity contribution is -0.143. The Morgan fingerprint density at radius 1 is 1.41 bits per heavy atom. The number of alkyl carbamates (subject to hydrolysis) is 1. The van der Waals surface area contributed by atoms with E-state index in [0.29, 0.717) is 5.56 Å². The first-order valence-corrected chi connectivity index (χ1v) is 9.16. The van der Waals surface area contributed by atoms with Gasteiger partial charge in [0.05, 0.1) is 23.9 Å². The quantitative estimate of drug-likeness (QED) is 0.761. The van der Waals surface area contributed by atoms with Gasteiger partial charge >= 0.3 is 12.3 Å². The summed E-state index contributed by atoms with van der Waals surface area (Å²) in [6.45, 7) is 6.30. The van der Waals surface area contributed by atoms with Gasteiger partial charge in [0.25, 0.3) is 0 Å². The molecule has 0 unspecified atom stereocenters. The van der Waals surface area contributed by atoms with Crippen LogP contribution in [-0.4, -0.2) is 47.7 Å². The number of carbonyl (C=O) groups excluding carboxylic acids is 1. The highest BCUT2D eigenvalue weighted by Crippen LogP contribution is 2.39. The van der Waals surface area contributed by atoms with Crippen molar-refractivity contribution in [2.24, 2.45) is 0 Å². The van der Waals surface area contributed by atoms with Crippen molar-refractivity contribution in [3.63, 3.8) is 0 Å². The van der Waals surface area contributed by atoms with E-state index < -0.39 is 41.3 Å². The maximum absolute atomic E-state index is 13.1. The molecule has 1 amide bonds. The number of hydrogen-bond donors (Lipinski definition) is 2. The van der Waals surface area contributed by atoms with Crippen LogP contribution in [0.25, 0.3) is 0 Å². The first-order valence-electron chi connectivity index (χ1n) is 9.16. The molecule has 1 aromatic heterocycles. The van der Waals surface area contributed by atoms with Crippen LogP contribution in [0.5, 0.6) is 0 Å². The average Bonchev–Trinajstić information content (AvgIpc) is 2.57. The summed E-state index contributed by atoms with van der Waals surface area (Å²) in [4.78, 5) is 16.2. The summed E-state index contributed by atoms with van der Waals surface area (Å²) in [6, 6.07) is 2.15. The molecule has 0 radical (unpaired) electrons. The van der Waals surface area contributed by atoms with E-state index in [2.05, 4.69) is 10.3 Å². The number of carbonyl (C=O) groups is 1. The van der Waals surface area contributed by atoms with Crippen molar-refractivity contribution in [2.75, 3.05) is 13.7 Å². The van der Waals surface area contributed by atoms with Crippen molar-refractivity contribution in [2.45, 2.75) is 70.2 Å². The molecule has 7 nitrogen and oxygen atoms in total. The molecule has 1 aliphatic heterocycles. The Hall–Kier alpha value is -1.91. The Balaban J connectivity index is 2.50. The fourth-order valence-electron chi connectivity index (χ4n) is 3.38. The molecule has 10 heteroatoms. The third-order valence-electron chi connectivity index (χ3n) is 4.61. The molecule has 1 aliphatic rings. The molecule has 0 aliphatic carbocycles. The van der Waals surface area contributed by atoms with Crippen LogP contribution < -0.4 is 5.32 Å².